The number of aryl methyl sites for hydroxylation is 1. The van der Waals surface area contributed by atoms with Gasteiger partial charge < -0.3 is 14.5 Å². The number of carbonyl (C=O) groups is 1. The zero-order valence-electron chi connectivity index (χ0n) is 16.9. The second kappa shape index (κ2) is 8.00. The summed E-state index contributed by atoms with van der Waals surface area (Å²) in [6, 6.07) is 7.59. The largest absolute Gasteiger partial charge is 0.497 e. The molecule has 0 saturated carbocycles. The molecule has 0 spiro atoms. The average Bonchev–Trinajstić information content (AvgIpc) is 3.11. The van der Waals surface area contributed by atoms with E-state index in [1.54, 1.807) is 18.0 Å². The summed E-state index contributed by atoms with van der Waals surface area (Å²) in [6.07, 6.45) is 1.57. The van der Waals surface area contributed by atoms with Crippen LogP contribution in [-0.4, -0.2) is 65.4 Å². The van der Waals surface area contributed by atoms with Gasteiger partial charge in [0.1, 0.15) is 5.75 Å². The normalized spacial score (nSPS) is 15.1. The fourth-order valence-corrected chi connectivity index (χ4v) is 4.18. The molecule has 4 rings (SSSR count). The third-order valence-corrected chi connectivity index (χ3v) is 5.99. The van der Waals surface area contributed by atoms with Crippen LogP contribution in [0.4, 0.5) is 0 Å². The maximum absolute atomic E-state index is 13.1. The topological polar surface area (TPSA) is 64.7 Å². The van der Waals surface area contributed by atoms with Crippen molar-refractivity contribution < 1.29 is 14.4 Å². The monoisotopic (exact) mass is 414 g/mol. The summed E-state index contributed by atoms with van der Waals surface area (Å²) in [4.78, 5) is 21.0. The lowest BCUT2D eigenvalue weighted by molar-refractivity contribution is -0.902. The van der Waals surface area contributed by atoms with Crippen LogP contribution in [0.1, 0.15) is 23.0 Å². The van der Waals surface area contributed by atoms with Gasteiger partial charge in [0.15, 0.2) is 5.65 Å². The number of quaternary nitrogens is 1. The van der Waals surface area contributed by atoms with Gasteiger partial charge in [-0.25, -0.2) is 9.67 Å². The van der Waals surface area contributed by atoms with Crippen LogP contribution < -0.4 is 9.64 Å². The Labute approximate surface area is 174 Å². The molecule has 7 nitrogen and oxygen atoms in total. The number of ether oxygens (including phenoxy) is 1. The number of nitrogens with one attached hydrogen (secondary N) is 1. The molecule has 8 heteroatoms. The first-order valence-corrected chi connectivity index (χ1v) is 10.2. The highest BCUT2D eigenvalue weighted by Crippen LogP contribution is 2.31. The fraction of sp³-hybridized carbons (Fsp3) is 0.381. The van der Waals surface area contributed by atoms with Gasteiger partial charge in [-0.3, -0.25) is 4.79 Å². The highest BCUT2D eigenvalue weighted by molar-refractivity contribution is 6.38. The highest BCUT2D eigenvalue weighted by atomic mass is 35.5. The van der Waals surface area contributed by atoms with Crippen molar-refractivity contribution in [2.45, 2.75) is 13.8 Å². The Morgan fingerprint density at radius 3 is 2.76 bits per heavy atom. The van der Waals surface area contributed by atoms with E-state index in [-0.39, 0.29) is 5.91 Å². The van der Waals surface area contributed by atoms with Crippen molar-refractivity contribution in [2.24, 2.45) is 0 Å². The minimum atomic E-state index is -0.0620. The summed E-state index contributed by atoms with van der Waals surface area (Å²) in [5.74, 6) is 0.670. The van der Waals surface area contributed by atoms with Crippen molar-refractivity contribution in [1.29, 1.82) is 0 Å². The molecule has 0 radical (unpaired) electrons. The highest BCUT2D eigenvalue weighted by Gasteiger charge is 2.27. The van der Waals surface area contributed by atoms with E-state index in [0.717, 1.165) is 49.9 Å². The second-order valence-corrected chi connectivity index (χ2v) is 7.66. The Morgan fingerprint density at radius 2 is 2.07 bits per heavy atom. The van der Waals surface area contributed by atoms with E-state index in [1.807, 2.05) is 36.1 Å². The van der Waals surface area contributed by atoms with Gasteiger partial charge in [-0.05, 0) is 26.0 Å². The number of methoxy groups -OCH3 is 1. The number of hydrogen-bond donors (Lipinski definition) is 1. The number of pyridine rings is 1. The number of piperazine rings is 1. The molecular formula is C21H25ClN5O2+. The van der Waals surface area contributed by atoms with Crippen LogP contribution in [0.5, 0.6) is 5.75 Å². The molecule has 0 unspecified atom stereocenters. The summed E-state index contributed by atoms with van der Waals surface area (Å²) in [6.45, 7) is 8.52. The van der Waals surface area contributed by atoms with E-state index >= 15 is 0 Å². The van der Waals surface area contributed by atoms with E-state index in [9.17, 15) is 4.79 Å². The van der Waals surface area contributed by atoms with E-state index in [2.05, 4.69) is 17.0 Å². The lowest BCUT2D eigenvalue weighted by atomic mass is 10.1. The molecule has 3 heterocycles. The van der Waals surface area contributed by atoms with E-state index in [1.165, 1.54) is 4.90 Å². The molecule has 1 saturated heterocycles. The van der Waals surface area contributed by atoms with Crippen molar-refractivity contribution in [3.63, 3.8) is 0 Å². The van der Waals surface area contributed by atoms with Crippen molar-refractivity contribution in [3.8, 4) is 11.4 Å². The fourth-order valence-electron chi connectivity index (χ4n) is 3.83. The second-order valence-electron chi connectivity index (χ2n) is 7.28. The zero-order valence-corrected chi connectivity index (χ0v) is 17.7. The van der Waals surface area contributed by atoms with E-state index < -0.39 is 0 Å². The summed E-state index contributed by atoms with van der Waals surface area (Å²) in [5.41, 5.74) is 2.61. The van der Waals surface area contributed by atoms with Crippen LogP contribution in [0.3, 0.4) is 0 Å². The summed E-state index contributed by atoms with van der Waals surface area (Å²) >= 11 is 6.71. The van der Waals surface area contributed by atoms with Gasteiger partial charge in [-0.2, -0.15) is 5.10 Å². The molecule has 0 bridgehead atoms. The predicted octanol–water partition coefficient (Wildman–Crippen LogP) is 1.75. The van der Waals surface area contributed by atoms with Gasteiger partial charge in [-0.15, -0.1) is 0 Å². The summed E-state index contributed by atoms with van der Waals surface area (Å²) in [5, 5.41) is 5.74. The standard InChI is InChI=1S/C21H24ClN5O2/c1-4-25-8-10-26(11-9-25)21(28)17-13-23-20-18(19(17)22)14(2)24-27(20)15-6-5-7-16(12-15)29-3/h5-7,12-13H,4,8-11H2,1-3H3/p+1. The molecule has 2 aromatic heterocycles. The Balaban J connectivity index is 1.71. The number of aromatic nitrogens is 3. The first kappa shape index (κ1) is 19.7. The number of halogens is 1. The molecule has 0 atom stereocenters. The first-order chi connectivity index (χ1) is 14.0. The van der Waals surface area contributed by atoms with Gasteiger partial charge in [0, 0.05) is 12.3 Å². The smallest absolute Gasteiger partial charge is 0.257 e. The van der Waals surface area contributed by atoms with Gasteiger partial charge >= 0.3 is 0 Å². The minimum absolute atomic E-state index is 0.0620. The van der Waals surface area contributed by atoms with E-state index in [0.29, 0.717) is 21.6 Å². The molecule has 1 fully saturated rings. The molecule has 1 N–H and O–H groups in total. The Morgan fingerprint density at radius 1 is 1.31 bits per heavy atom. The number of amides is 1. The maximum atomic E-state index is 13.1. The van der Waals surface area contributed by atoms with Crippen LogP contribution in [0.15, 0.2) is 30.5 Å². The molecule has 1 amide bonds. The van der Waals surface area contributed by atoms with Gasteiger partial charge in [0.25, 0.3) is 5.91 Å². The SMILES string of the molecule is CC[NH+]1CCN(C(=O)c2cnc3c(c(C)nn3-c3cccc(OC)c3)c2Cl)CC1. The average molecular weight is 415 g/mol. The molecule has 29 heavy (non-hydrogen) atoms. The zero-order chi connectivity index (χ0) is 20.5. The molecule has 1 aliphatic rings. The van der Waals surface area contributed by atoms with Crippen LogP contribution in [-0.2, 0) is 0 Å². The Kier molecular flexibility index (Phi) is 5.43. The van der Waals surface area contributed by atoms with Crippen molar-refractivity contribution in [1.82, 2.24) is 19.7 Å². The first-order valence-electron chi connectivity index (χ1n) is 9.84. The molecule has 1 aliphatic heterocycles. The Hall–Kier alpha value is -2.64. The quantitative estimate of drug-likeness (QED) is 0.706. The van der Waals surface area contributed by atoms with Gasteiger partial charge in [0.2, 0.25) is 0 Å². The predicted molar refractivity (Wildman–Crippen MR) is 112 cm³/mol. The van der Waals surface area contributed by atoms with Crippen LogP contribution in [0, 0.1) is 6.92 Å². The third kappa shape index (κ3) is 3.56. The van der Waals surface area contributed by atoms with E-state index in [4.69, 9.17) is 16.3 Å². The lowest BCUT2D eigenvalue weighted by Gasteiger charge is -2.31. The summed E-state index contributed by atoms with van der Waals surface area (Å²) in [7, 11) is 1.63. The number of fused-ring (bicyclic) bond motifs is 1. The summed E-state index contributed by atoms with van der Waals surface area (Å²) < 4.78 is 7.05. The number of nitrogens with zero attached hydrogens (tertiary/aromatic N) is 4. The number of hydrogen-bond acceptors (Lipinski definition) is 4. The third-order valence-electron chi connectivity index (χ3n) is 5.59. The van der Waals surface area contributed by atoms with Gasteiger partial charge in [-0.1, -0.05) is 17.7 Å². The van der Waals surface area contributed by atoms with Crippen LogP contribution in [0.2, 0.25) is 5.02 Å². The maximum Gasteiger partial charge on any atom is 0.257 e. The Bertz CT molecular complexity index is 1060. The number of benzene rings is 1. The molecule has 152 valence electrons. The molecule has 3 aromatic rings. The minimum Gasteiger partial charge on any atom is -0.497 e. The van der Waals surface area contributed by atoms with Crippen molar-refractivity contribution >= 4 is 28.5 Å². The van der Waals surface area contributed by atoms with Crippen LogP contribution >= 0.6 is 11.6 Å². The number of carbonyl (C=O) groups excluding carboxylic acids is 1. The van der Waals surface area contributed by atoms with Crippen molar-refractivity contribution in [3.05, 3.63) is 46.7 Å². The lowest BCUT2D eigenvalue weighted by Crippen LogP contribution is -3.14. The van der Waals surface area contributed by atoms with Crippen LogP contribution in [0.25, 0.3) is 16.7 Å². The number of rotatable bonds is 4. The van der Waals surface area contributed by atoms with Crippen molar-refractivity contribution in [2.75, 3.05) is 39.8 Å². The molecular weight excluding hydrogens is 390 g/mol. The number of likely N-dealkylation sites (N-methyl/N-ethyl adjacent to an activating group) is 1. The molecule has 1 aromatic carbocycles. The molecule has 0 aliphatic carbocycles. The van der Waals surface area contributed by atoms with Gasteiger partial charge in [0.05, 0.1) is 67.2 Å².